The van der Waals surface area contributed by atoms with Crippen LogP contribution in [0.2, 0.25) is 0 Å². The topological polar surface area (TPSA) is 175 Å². The van der Waals surface area contributed by atoms with Crippen molar-refractivity contribution in [3.63, 3.8) is 0 Å². The van der Waals surface area contributed by atoms with E-state index in [-0.39, 0.29) is 24.4 Å². The van der Waals surface area contributed by atoms with Crippen LogP contribution in [0.3, 0.4) is 0 Å². The average molecular weight is 803 g/mol. The summed E-state index contributed by atoms with van der Waals surface area (Å²) in [5.74, 6) is -1.16. The second kappa shape index (κ2) is 14.3. The number of carbonyl (C=O) groups excluding carboxylic acids is 5. The number of pyridine rings is 2. The molecule has 10 rings (SSSR count). The van der Waals surface area contributed by atoms with Crippen molar-refractivity contribution in [1.29, 1.82) is 0 Å². The third-order valence-corrected chi connectivity index (χ3v) is 13.0. The Morgan fingerprint density at radius 1 is 1.00 bits per heavy atom. The van der Waals surface area contributed by atoms with Crippen molar-refractivity contribution in [2.45, 2.75) is 57.6 Å². The number of nitrogens with one attached hydrogen (secondary N) is 3. The van der Waals surface area contributed by atoms with E-state index in [0.29, 0.717) is 69.5 Å². The van der Waals surface area contributed by atoms with Crippen molar-refractivity contribution < 1.29 is 37.8 Å². The lowest BCUT2D eigenvalue weighted by atomic mass is 9.61. The van der Waals surface area contributed by atoms with Crippen LogP contribution in [0.1, 0.15) is 64.8 Å². The highest BCUT2D eigenvalue weighted by molar-refractivity contribution is 6.25. The van der Waals surface area contributed by atoms with Gasteiger partial charge in [0.05, 0.1) is 16.8 Å². The molecule has 6 aliphatic rings. The molecule has 3 N–H and O–H groups in total. The first-order valence-electron chi connectivity index (χ1n) is 20.3. The van der Waals surface area contributed by atoms with E-state index < -0.39 is 41.6 Å². The molecule has 2 aromatic heterocycles. The lowest BCUT2D eigenvalue weighted by molar-refractivity contribution is -0.136. The maximum Gasteiger partial charge on any atom is 0.413 e. The number of rotatable bonds is 7. The molecule has 59 heavy (non-hydrogen) atoms. The zero-order valence-electron chi connectivity index (χ0n) is 32.5. The third kappa shape index (κ3) is 6.59. The number of imide groups is 2. The summed E-state index contributed by atoms with van der Waals surface area (Å²) < 4.78 is 26.8. The largest absolute Gasteiger partial charge is 0.474 e. The smallest absolute Gasteiger partial charge is 0.413 e. The van der Waals surface area contributed by atoms with Crippen LogP contribution in [0.5, 0.6) is 5.88 Å². The molecule has 1 aliphatic carbocycles. The summed E-state index contributed by atoms with van der Waals surface area (Å²) in [4.78, 5) is 78.3. The first-order chi connectivity index (χ1) is 28.5. The zero-order valence-corrected chi connectivity index (χ0v) is 32.5. The Morgan fingerprint density at radius 2 is 1.81 bits per heavy atom. The summed E-state index contributed by atoms with van der Waals surface area (Å²) in [6.07, 6.45) is 6.30. The van der Waals surface area contributed by atoms with Gasteiger partial charge in [0.2, 0.25) is 17.7 Å². The molecule has 0 radical (unpaired) electrons. The first-order valence-corrected chi connectivity index (χ1v) is 20.3. The Labute approximate surface area is 338 Å². The van der Waals surface area contributed by atoms with E-state index in [1.165, 1.54) is 12.3 Å². The van der Waals surface area contributed by atoms with E-state index in [9.17, 15) is 24.0 Å². The number of carbonyl (C=O) groups is 5. The number of hydrogen-bond acceptors (Lipinski definition) is 12. The number of piperidine rings is 2. The number of halogens is 1. The van der Waals surface area contributed by atoms with Crippen LogP contribution in [-0.4, -0.2) is 108 Å². The van der Waals surface area contributed by atoms with E-state index in [0.717, 1.165) is 74.6 Å². The van der Waals surface area contributed by atoms with Gasteiger partial charge in [0.15, 0.2) is 0 Å². The van der Waals surface area contributed by atoms with Gasteiger partial charge >= 0.3 is 6.09 Å². The average Bonchev–Trinajstić information content (AvgIpc) is 3.45. The Hall–Kier alpha value is -6.16. The highest BCUT2D eigenvalue weighted by Gasteiger charge is 2.49. The number of aromatic nitrogens is 2. The number of benzene rings is 2. The predicted molar refractivity (Wildman–Crippen MR) is 214 cm³/mol. The maximum atomic E-state index is 15.3. The van der Waals surface area contributed by atoms with Gasteiger partial charge in [0.25, 0.3) is 11.8 Å². The third-order valence-electron chi connectivity index (χ3n) is 13.0. The monoisotopic (exact) mass is 802 g/mol. The second-order valence-corrected chi connectivity index (χ2v) is 16.8. The molecule has 1 atom stereocenters. The number of likely N-dealkylation sites (tertiary alicyclic amines) is 1. The summed E-state index contributed by atoms with van der Waals surface area (Å²) in [5, 5.41) is 9.62. The number of nitrogens with zero attached hydrogens (tertiary/aromatic N) is 5. The van der Waals surface area contributed by atoms with Crippen LogP contribution >= 0.6 is 0 Å². The van der Waals surface area contributed by atoms with Gasteiger partial charge in [-0.25, -0.2) is 19.2 Å². The summed E-state index contributed by atoms with van der Waals surface area (Å²) in [6.45, 7) is 7.43. The van der Waals surface area contributed by atoms with Gasteiger partial charge in [0.1, 0.15) is 36.1 Å². The SMILES string of the molecule is Cc1c(-c2cc3cc(NC(=O)OC4CC5(CCN(CC6CN(c7cccc8c7C(=O)N(C7CCC(=O)NC7=O)C8=O)C6)CC5)C4)ncc3cc2F)cnc2c1NCCO2. The zero-order chi connectivity index (χ0) is 40.6. The molecule has 0 bridgehead atoms. The van der Waals surface area contributed by atoms with Crippen LogP contribution in [-0.2, 0) is 14.3 Å². The van der Waals surface area contributed by atoms with E-state index in [1.807, 2.05) is 13.0 Å². The van der Waals surface area contributed by atoms with Crippen molar-refractivity contribution in [2.24, 2.45) is 11.3 Å². The van der Waals surface area contributed by atoms with Gasteiger partial charge in [-0.3, -0.25) is 34.7 Å². The number of anilines is 3. The molecular weight excluding hydrogens is 760 g/mol. The Bertz CT molecular complexity index is 2460. The molecule has 3 saturated heterocycles. The molecule has 16 heteroatoms. The highest BCUT2D eigenvalue weighted by Crippen LogP contribution is 2.50. The Morgan fingerprint density at radius 3 is 2.61 bits per heavy atom. The standard InChI is InChI=1S/C43H43FN8O7/c1-23-30(19-47-39-37(23)45-9-12-58-39)29-13-25-15-34(46-18-26(25)14-31(29)44)48-42(57)59-27-16-43(17-27)7-10-50(11-8-43)20-24-21-51(22-24)32-4-2-3-28-36(32)41(56)52(40(28)55)33-5-6-35(53)49-38(33)54/h2-4,13-15,18-19,24,27,33,45H,5-12,16-17,20-22H2,1H3,(H,46,48,57)(H,49,53,54). The Balaban J connectivity index is 0.696. The van der Waals surface area contributed by atoms with Gasteiger partial charge < -0.3 is 24.6 Å². The molecule has 2 aromatic carbocycles. The van der Waals surface area contributed by atoms with Crippen molar-refractivity contribution in [2.75, 3.05) is 61.4 Å². The molecule has 5 aliphatic heterocycles. The van der Waals surface area contributed by atoms with E-state index in [4.69, 9.17) is 9.47 Å². The molecule has 1 saturated carbocycles. The van der Waals surface area contributed by atoms with Crippen molar-refractivity contribution in [3.05, 3.63) is 71.3 Å². The lowest BCUT2D eigenvalue weighted by Gasteiger charge is -2.52. The molecule has 5 amide bonds. The van der Waals surface area contributed by atoms with Gasteiger partial charge in [-0.15, -0.1) is 0 Å². The number of hydrogen-bond donors (Lipinski definition) is 3. The van der Waals surface area contributed by atoms with Crippen LogP contribution in [0.25, 0.3) is 21.9 Å². The first kappa shape index (κ1) is 37.1. The number of ether oxygens (including phenoxy) is 2. The van der Waals surface area contributed by atoms with Gasteiger partial charge in [-0.1, -0.05) is 6.07 Å². The molecule has 4 aromatic rings. The van der Waals surface area contributed by atoms with E-state index in [1.54, 1.807) is 30.5 Å². The molecule has 15 nitrogen and oxygen atoms in total. The highest BCUT2D eigenvalue weighted by atomic mass is 19.1. The van der Waals surface area contributed by atoms with Crippen LogP contribution in [0.4, 0.5) is 26.4 Å². The molecule has 304 valence electrons. The quantitative estimate of drug-likeness (QED) is 0.217. The summed E-state index contributed by atoms with van der Waals surface area (Å²) in [7, 11) is 0. The minimum atomic E-state index is -0.991. The fourth-order valence-corrected chi connectivity index (χ4v) is 9.83. The maximum absolute atomic E-state index is 15.3. The van der Waals surface area contributed by atoms with Crippen LogP contribution in [0.15, 0.2) is 48.8 Å². The van der Waals surface area contributed by atoms with Gasteiger partial charge in [-0.2, -0.15) is 0 Å². The minimum absolute atomic E-state index is 0.0801. The molecule has 1 spiro atoms. The van der Waals surface area contributed by atoms with Crippen LogP contribution < -0.4 is 25.6 Å². The normalized spacial score (nSPS) is 21.6. The Kier molecular flexibility index (Phi) is 8.99. The fourth-order valence-electron chi connectivity index (χ4n) is 9.83. The van der Waals surface area contributed by atoms with Gasteiger partial charge in [-0.05, 0) is 98.8 Å². The molecule has 1 unspecified atom stereocenters. The predicted octanol–water partition coefficient (Wildman–Crippen LogP) is 4.88. The van der Waals surface area contributed by atoms with Crippen molar-refractivity contribution in [3.8, 4) is 17.0 Å². The number of fused-ring (bicyclic) bond motifs is 3. The summed E-state index contributed by atoms with van der Waals surface area (Å²) >= 11 is 0. The fraction of sp³-hybridized carbons (Fsp3) is 0.419. The number of amides is 5. The molecule has 7 heterocycles. The second-order valence-electron chi connectivity index (χ2n) is 16.8. The summed E-state index contributed by atoms with van der Waals surface area (Å²) in [5.41, 5.74) is 4.14. The lowest BCUT2D eigenvalue weighted by Crippen LogP contribution is -2.55. The van der Waals surface area contributed by atoms with Crippen molar-refractivity contribution in [1.82, 2.24) is 25.1 Å². The molecule has 4 fully saturated rings. The molecular formula is C43H43FN8O7. The minimum Gasteiger partial charge on any atom is -0.474 e. The van der Waals surface area contributed by atoms with Gasteiger partial charge in [0, 0.05) is 67.4 Å². The van der Waals surface area contributed by atoms with E-state index >= 15 is 4.39 Å². The summed E-state index contributed by atoms with van der Waals surface area (Å²) in [6, 6.07) is 9.15. The van der Waals surface area contributed by atoms with E-state index in [2.05, 4.69) is 35.7 Å². The van der Waals surface area contributed by atoms with Crippen molar-refractivity contribution >= 4 is 57.7 Å². The van der Waals surface area contributed by atoms with Crippen LogP contribution in [0, 0.1) is 24.1 Å².